The number of hydrogen-bond donors (Lipinski definition) is 2. The molecule has 3 aromatic rings. The van der Waals surface area contributed by atoms with Crippen molar-refractivity contribution in [1.29, 1.82) is 5.26 Å². The first-order chi connectivity index (χ1) is 15.8. The van der Waals surface area contributed by atoms with Crippen molar-refractivity contribution in [2.45, 2.75) is 6.61 Å². The molecule has 0 unspecified atom stereocenters. The fraction of sp³-hybridized carbons (Fsp3) is 0.0833. The number of halogens is 3. The van der Waals surface area contributed by atoms with Crippen molar-refractivity contribution >= 4 is 63.5 Å². The number of phenols is 1. The summed E-state index contributed by atoms with van der Waals surface area (Å²) in [7, 11) is 1.51. The second kappa shape index (κ2) is 11.3. The molecule has 0 fully saturated rings. The molecule has 0 aliphatic carbocycles. The van der Waals surface area contributed by atoms with Crippen molar-refractivity contribution in [2.75, 3.05) is 12.4 Å². The van der Waals surface area contributed by atoms with E-state index in [4.69, 9.17) is 32.7 Å². The molecule has 33 heavy (non-hydrogen) atoms. The molecule has 0 saturated carbocycles. The summed E-state index contributed by atoms with van der Waals surface area (Å²) in [5.74, 6) is 0.474. The Bertz CT molecular complexity index is 1250. The van der Waals surface area contributed by atoms with Crippen molar-refractivity contribution in [3.8, 4) is 23.3 Å². The van der Waals surface area contributed by atoms with Crippen LogP contribution in [0.4, 0.5) is 5.69 Å². The Balaban J connectivity index is 1.81. The Labute approximate surface area is 214 Å². The smallest absolute Gasteiger partial charge is 0.266 e. The molecule has 0 atom stereocenters. The average molecular weight is 595 g/mol. The van der Waals surface area contributed by atoms with E-state index in [-0.39, 0.29) is 17.9 Å². The summed E-state index contributed by atoms with van der Waals surface area (Å²) >= 11 is 14.1. The largest absolute Gasteiger partial charge is 0.508 e. The number of nitrogens with zero attached hydrogens (tertiary/aromatic N) is 1. The molecular weight excluding hydrogens is 578 g/mol. The maximum atomic E-state index is 12.5. The van der Waals surface area contributed by atoms with Gasteiger partial charge in [-0.3, -0.25) is 4.79 Å². The molecule has 6 nitrogen and oxygen atoms in total. The number of phenolic OH excluding ortho intramolecular Hbond substituents is 1. The number of anilines is 1. The molecule has 0 saturated heterocycles. The van der Waals surface area contributed by atoms with Crippen molar-refractivity contribution < 1.29 is 19.4 Å². The number of carbonyl (C=O) groups excluding carboxylic acids is 1. The summed E-state index contributed by atoms with van der Waals surface area (Å²) in [6.45, 7) is 0.247. The molecule has 1 amide bonds. The van der Waals surface area contributed by atoms with Gasteiger partial charge >= 0.3 is 0 Å². The van der Waals surface area contributed by atoms with Crippen LogP contribution < -0.4 is 14.8 Å². The Morgan fingerprint density at radius 2 is 1.88 bits per heavy atom. The van der Waals surface area contributed by atoms with Gasteiger partial charge in [0.2, 0.25) is 0 Å². The monoisotopic (exact) mass is 594 g/mol. The lowest BCUT2D eigenvalue weighted by Crippen LogP contribution is -2.13. The number of carbonyl (C=O) groups is 1. The van der Waals surface area contributed by atoms with Crippen LogP contribution in [-0.4, -0.2) is 18.1 Å². The van der Waals surface area contributed by atoms with Crippen LogP contribution in [0.25, 0.3) is 6.08 Å². The van der Waals surface area contributed by atoms with Gasteiger partial charge in [-0.15, -0.1) is 0 Å². The lowest BCUT2D eigenvalue weighted by atomic mass is 10.1. The third-order valence-corrected chi connectivity index (χ3v) is 5.96. The van der Waals surface area contributed by atoms with Gasteiger partial charge in [0.05, 0.1) is 20.7 Å². The minimum Gasteiger partial charge on any atom is -0.508 e. The van der Waals surface area contributed by atoms with Gasteiger partial charge in [0.25, 0.3) is 5.91 Å². The van der Waals surface area contributed by atoms with Crippen LogP contribution in [0.5, 0.6) is 17.2 Å². The van der Waals surface area contributed by atoms with Crippen molar-refractivity contribution in [3.63, 3.8) is 0 Å². The van der Waals surface area contributed by atoms with Crippen LogP contribution in [0.1, 0.15) is 11.1 Å². The predicted molar refractivity (Wildman–Crippen MR) is 137 cm³/mol. The molecule has 3 rings (SSSR count). The third-order valence-electron chi connectivity index (χ3n) is 4.42. The minimum absolute atomic E-state index is 0.0761. The minimum atomic E-state index is -0.572. The van der Waals surface area contributed by atoms with E-state index in [1.807, 2.05) is 12.1 Å². The van der Waals surface area contributed by atoms with Gasteiger partial charge in [0.15, 0.2) is 11.5 Å². The zero-order chi connectivity index (χ0) is 24.0. The number of hydrogen-bond acceptors (Lipinski definition) is 5. The summed E-state index contributed by atoms with van der Waals surface area (Å²) in [5.41, 5.74) is 1.79. The number of rotatable bonds is 7. The molecule has 0 aliphatic rings. The molecule has 168 valence electrons. The van der Waals surface area contributed by atoms with Gasteiger partial charge in [0.1, 0.15) is 24.0 Å². The van der Waals surface area contributed by atoms with Crippen molar-refractivity contribution in [1.82, 2.24) is 0 Å². The van der Waals surface area contributed by atoms with Crippen LogP contribution in [0, 0.1) is 14.9 Å². The highest BCUT2D eigenvalue weighted by molar-refractivity contribution is 14.1. The van der Waals surface area contributed by atoms with Crippen LogP contribution in [0.3, 0.4) is 0 Å². The quantitative estimate of drug-likeness (QED) is 0.142. The van der Waals surface area contributed by atoms with Gasteiger partial charge in [-0.25, -0.2) is 0 Å². The predicted octanol–water partition coefficient (Wildman–Crippen LogP) is 6.44. The highest BCUT2D eigenvalue weighted by Crippen LogP contribution is 2.35. The Kier molecular flexibility index (Phi) is 8.44. The van der Waals surface area contributed by atoms with E-state index in [0.717, 1.165) is 9.13 Å². The van der Waals surface area contributed by atoms with Crippen LogP contribution >= 0.6 is 45.8 Å². The molecule has 0 spiro atoms. The first kappa shape index (κ1) is 24.7. The second-order valence-corrected chi connectivity index (χ2v) is 8.72. The zero-order valence-electron chi connectivity index (χ0n) is 17.2. The lowest BCUT2D eigenvalue weighted by molar-refractivity contribution is -0.112. The van der Waals surface area contributed by atoms with Crippen LogP contribution in [-0.2, 0) is 11.4 Å². The Morgan fingerprint density at radius 1 is 1.15 bits per heavy atom. The summed E-state index contributed by atoms with van der Waals surface area (Å²) < 4.78 is 12.1. The summed E-state index contributed by atoms with van der Waals surface area (Å²) in [6.07, 6.45) is 1.46. The van der Waals surface area contributed by atoms with Gasteiger partial charge in [-0.05, 0) is 88.3 Å². The molecular formula is C24H17Cl2IN2O4. The Hall–Kier alpha value is -2.93. The fourth-order valence-corrected chi connectivity index (χ4v) is 3.91. The molecule has 0 aliphatic heterocycles. The molecule has 3 aromatic carbocycles. The molecule has 0 bridgehead atoms. The fourth-order valence-electron chi connectivity index (χ4n) is 2.81. The SMILES string of the molecule is COc1cc(/C=C(\C#N)C(=O)Nc2ccc(O)cc2)cc(I)c1OCc1ccc(Cl)c(Cl)c1. The average Bonchev–Trinajstić information content (AvgIpc) is 2.80. The molecule has 0 heterocycles. The van der Waals surface area contributed by atoms with E-state index in [1.54, 1.807) is 24.3 Å². The maximum absolute atomic E-state index is 12.5. The van der Waals surface area contributed by atoms with E-state index in [2.05, 4.69) is 27.9 Å². The molecule has 9 heteroatoms. The second-order valence-electron chi connectivity index (χ2n) is 6.74. The standard InChI is InChI=1S/C24H17Cl2IN2O4/c1-32-22-11-15(8-16(12-28)24(31)29-17-3-5-18(30)6-4-17)10-21(27)23(22)33-13-14-2-7-19(25)20(26)9-14/h2-11,30H,13H2,1H3,(H,29,31)/b16-8+. The van der Waals surface area contributed by atoms with Crippen LogP contribution in [0.2, 0.25) is 10.0 Å². The van der Waals surface area contributed by atoms with Gasteiger partial charge in [-0.2, -0.15) is 5.26 Å². The number of methoxy groups -OCH3 is 1. The van der Waals surface area contributed by atoms with Crippen molar-refractivity contribution in [3.05, 3.63) is 84.9 Å². The first-order valence-corrected chi connectivity index (χ1v) is 11.3. The van der Waals surface area contributed by atoms with Gasteiger partial charge in [0, 0.05) is 5.69 Å². The summed E-state index contributed by atoms with van der Waals surface area (Å²) in [4.78, 5) is 12.5. The maximum Gasteiger partial charge on any atom is 0.266 e. The molecule has 0 radical (unpaired) electrons. The summed E-state index contributed by atoms with van der Waals surface area (Å²) in [5, 5.41) is 22.4. The number of amides is 1. The van der Waals surface area contributed by atoms with E-state index >= 15 is 0 Å². The number of ether oxygens (including phenoxy) is 2. The topological polar surface area (TPSA) is 91.6 Å². The van der Waals surface area contributed by atoms with E-state index in [0.29, 0.717) is 32.8 Å². The van der Waals surface area contributed by atoms with E-state index < -0.39 is 5.91 Å². The van der Waals surface area contributed by atoms with E-state index in [1.165, 1.54) is 37.5 Å². The number of nitrogens with one attached hydrogen (secondary N) is 1. The van der Waals surface area contributed by atoms with Gasteiger partial charge in [-0.1, -0.05) is 29.3 Å². The lowest BCUT2D eigenvalue weighted by Gasteiger charge is -2.14. The highest BCUT2D eigenvalue weighted by Gasteiger charge is 2.14. The molecule has 2 N–H and O–H groups in total. The number of nitriles is 1. The summed E-state index contributed by atoms with van der Waals surface area (Å²) in [6, 6.07) is 16.6. The number of aromatic hydroxyl groups is 1. The van der Waals surface area contributed by atoms with Gasteiger partial charge < -0.3 is 19.9 Å². The van der Waals surface area contributed by atoms with E-state index in [9.17, 15) is 15.2 Å². The molecule has 0 aromatic heterocycles. The highest BCUT2D eigenvalue weighted by atomic mass is 127. The normalized spacial score (nSPS) is 10.9. The zero-order valence-corrected chi connectivity index (χ0v) is 20.9. The third kappa shape index (κ3) is 6.54. The Morgan fingerprint density at radius 3 is 2.52 bits per heavy atom. The van der Waals surface area contributed by atoms with Crippen LogP contribution in [0.15, 0.2) is 60.2 Å². The van der Waals surface area contributed by atoms with Crippen molar-refractivity contribution in [2.24, 2.45) is 0 Å². The first-order valence-electron chi connectivity index (χ1n) is 9.47. The number of benzene rings is 3.